The predicted molar refractivity (Wildman–Crippen MR) is 104 cm³/mol. The van der Waals surface area contributed by atoms with Crippen LogP contribution >= 0.6 is 0 Å². The van der Waals surface area contributed by atoms with Gasteiger partial charge in [0.25, 0.3) is 0 Å². The van der Waals surface area contributed by atoms with Gasteiger partial charge in [-0.2, -0.15) is 0 Å². The van der Waals surface area contributed by atoms with E-state index in [1.54, 1.807) is 19.2 Å². The number of hydrogen-bond donors (Lipinski definition) is 1. The van der Waals surface area contributed by atoms with Crippen molar-refractivity contribution in [3.8, 4) is 5.75 Å². The maximum atomic E-state index is 12.7. The summed E-state index contributed by atoms with van der Waals surface area (Å²) in [5.41, 5.74) is 0.489. The average molecular weight is 373 g/mol. The number of methoxy groups -OCH3 is 2. The van der Waals surface area contributed by atoms with Crippen molar-refractivity contribution in [1.29, 1.82) is 0 Å². The lowest BCUT2D eigenvalue weighted by Crippen LogP contribution is -2.41. The van der Waals surface area contributed by atoms with Crippen molar-refractivity contribution in [3.63, 3.8) is 0 Å². The van der Waals surface area contributed by atoms with Gasteiger partial charge in [-0.15, -0.1) is 0 Å². The monoisotopic (exact) mass is 373 g/mol. The largest absolute Gasteiger partial charge is 0.511 e. The molecule has 0 heterocycles. The maximum Gasteiger partial charge on any atom is 0.316 e. The second-order valence-electron chi connectivity index (χ2n) is 7.29. The summed E-state index contributed by atoms with van der Waals surface area (Å²) in [6.45, 7) is 5.59. The number of rotatable bonds is 6. The fourth-order valence-corrected chi connectivity index (χ4v) is 3.45. The molecule has 1 aliphatic carbocycles. The lowest BCUT2D eigenvalue weighted by molar-refractivity contribution is -0.149. The number of aliphatic hydroxyl groups excluding tert-OH is 1. The first-order valence-corrected chi connectivity index (χ1v) is 9.01. The molecule has 2 rings (SSSR count). The van der Waals surface area contributed by atoms with E-state index in [2.05, 4.69) is 4.99 Å². The Morgan fingerprint density at radius 1 is 1.26 bits per heavy atom. The summed E-state index contributed by atoms with van der Waals surface area (Å²) in [6.07, 6.45) is 1.24. The molecule has 6 heteroatoms. The molecular weight excluding hydrogens is 346 g/mol. The molecule has 1 N–H and O–H groups in total. The molecule has 0 aromatic heterocycles. The molecule has 0 aliphatic heterocycles. The molecule has 0 radical (unpaired) electrons. The molecule has 0 unspecified atom stereocenters. The topological polar surface area (TPSA) is 85.2 Å². The zero-order valence-electron chi connectivity index (χ0n) is 16.5. The summed E-state index contributed by atoms with van der Waals surface area (Å²) >= 11 is 0. The molecular formula is C21H27NO5. The van der Waals surface area contributed by atoms with E-state index in [1.807, 2.05) is 32.9 Å². The Balaban J connectivity index is 2.68. The Bertz CT molecular complexity index is 792. The first-order chi connectivity index (χ1) is 12.8. The molecule has 1 aromatic carbocycles. The highest BCUT2D eigenvalue weighted by Crippen LogP contribution is 2.44. The van der Waals surface area contributed by atoms with Crippen LogP contribution in [0, 0.1) is 11.3 Å². The van der Waals surface area contributed by atoms with Crippen LogP contribution in [0.15, 0.2) is 40.6 Å². The van der Waals surface area contributed by atoms with Gasteiger partial charge in [-0.25, -0.2) is 4.99 Å². The number of carbonyl (C=O) groups excluding carboxylic acids is 2. The van der Waals surface area contributed by atoms with E-state index < -0.39 is 17.3 Å². The predicted octanol–water partition coefficient (Wildman–Crippen LogP) is 4.17. The molecule has 27 heavy (non-hydrogen) atoms. The Labute approximate surface area is 159 Å². The molecule has 1 aromatic rings. The average Bonchev–Trinajstić information content (AvgIpc) is 2.61. The minimum absolute atomic E-state index is 0.123. The standard InChI is InChI=1S/C21H27NO5/c1-6-9-15(23)17-14(22-13-10-7-8-11-16(13)26-4)12-21(2,3)18(19(17)24)20(25)27-5/h7-8,10-11,18,24H,6,9,12H2,1-5H3/t18-/m0/s1. The van der Waals surface area contributed by atoms with Crippen molar-refractivity contribution < 1.29 is 24.2 Å². The minimum atomic E-state index is -0.907. The number of aliphatic imine (C=N–C) groups is 1. The zero-order chi connectivity index (χ0) is 20.2. The summed E-state index contributed by atoms with van der Waals surface area (Å²) in [5, 5.41) is 10.9. The van der Waals surface area contributed by atoms with Crippen LogP contribution < -0.4 is 4.74 Å². The Morgan fingerprint density at radius 2 is 1.93 bits per heavy atom. The van der Waals surface area contributed by atoms with Gasteiger partial charge in [0.05, 0.1) is 25.5 Å². The summed E-state index contributed by atoms with van der Waals surface area (Å²) < 4.78 is 10.2. The third-order valence-corrected chi connectivity index (χ3v) is 4.76. The van der Waals surface area contributed by atoms with E-state index in [0.29, 0.717) is 30.0 Å². The Morgan fingerprint density at radius 3 is 2.52 bits per heavy atom. The first-order valence-electron chi connectivity index (χ1n) is 9.01. The molecule has 6 nitrogen and oxygen atoms in total. The number of nitrogens with zero attached hydrogens (tertiary/aromatic N) is 1. The molecule has 146 valence electrons. The van der Waals surface area contributed by atoms with Crippen LogP contribution in [-0.4, -0.2) is 36.8 Å². The molecule has 0 amide bonds. The van der Waals surface area contributed by atoms with Gasteiger partial charge in [-0.1, -0.05) is 32.9 Å². The van der Waals surface area contributed by atoms with E-state index in [1.165, 1.54) is 7.11 Å². The van der Waals surface area contributed by atoms with Gasteiger partial charge in [-0.05, 0) is 30.4 Å². The van der Waals surface area contributed by atoms with Gasteiger partial charge in [0, 0.05) is 6.42 Å². The van der Waals surface area contributed by atoms with Crippen molar-refractivity contribution in [2.45, 2.75) is 40.0 Å². The van der Waals surface area contributed by atoms with E-state index in [9.17, 15) is 14.7 Å². The van der Waals surface area contributed by atoms with Crippen LogP contribution in [0.2, 0.25) is 0 Å². The van der Waals surface area contributed by atoms with E-state index >= 15 is 0 Å². The van der Waals surface area contributed by atoms with Crippen LogP contribution in [0.25, 0.3) is 0 Å². The van der Waals surface area contributed by atoms with E-state index in [-0.39, 0.29) is 23.5 Å². The summed E-state index contributed by atoms with van der Waals surface area (Å²) in [6, 6.07) is 7.22. The van der Waals surface area contributed by atoms with Crippen LogP contribution in [0.3, 0.4) is 0 Å². The molecule has 0 spiro atoms. The molecule has 0 fully saturated rings. The van der Waals surface area contributed by atoms with Crippen LogP contribution in [0.4, 0.5) is 5.69 Å². The van der Waals surface area contributed by atoms with Gasteiger partial charge < -0.3 is 14.6 Å². The number of allylic oxidation sites excluding steroid dienone is 1. The van der Waals surface area contributed by atoms with Gasteiger partial charge >= 0.3 is 5.97 Å². The highest BCUT2D eigenvalue weighted by molar-refractivity contribution is 6.24. The third kappa shape index (κ3) is 4.21. The number of Topliss-reactive ketones (excluding diaryl/α,β-unsaturated/α-hetero) is 1. The van der Waals surface area contributed by atoms with Crippen molar-refractivity contribution in [3.05, 3.63) is 35.6 Å². The van der Waals surface area contributed by atoms with E-state index in [4.69, 9.17) is 9.47 Å². The van der Waals surface area contributed by atoms with Gasteiger partial charge in [0.1, 0.15) is 23.1 Å². The number of carbonyl (C=O) groups is 2. The van der Waals surface area contributed by atoms with Crippen LogP contribution in [0.1, 0.15) is 40.0 Å². The van der Waals surface area contributed by atoms with Crippen LogP contribution in [0.5, 0.6) is 5.75 Å². The van der Waals surface area contributed by atoms with Gasteiger partial charge in [0.15, 0.2) is 5.78 Å². The Kier molecular flexibility index (Phi) is 6.41. The van der Waals surface area contributed by atoms with Gasteiger partial charge in [-0.3, -0.25) is 9.59 Å². The lowest BCUT2D eigenvalue weighted by Gasteiger charge is -2.37. The summed E-state index contributed by atoms with van der Waals surface area (Å²) in [7, 11) is 2.82. The van der Waals surface area contributed by atoms with Crippen molar-refractivity contribution in [1.82, 2.24) is 0 Å². The number of esters is 1. The molecule has 1 atom stereocenters. The quantitative estimate of drug-likeness (QED) is 0.757. The smallest absolute Gasteiger partial charge is 0.316 e. The molecule has 0 saturated carbocycles. The summed E-state index contributed by atoms with van der Waals surface area (Å²) in [5.74, 6) is -1.39. The van der Waals surface area contributed by atoms with Crippen molar-refractivity contribution >= 4 is 23.2 Å². The maximum absolute atomic E-state index is 12.7. The normalized spacial score (nSPS) is 20.5. The lowest BCUT2D eigenvalue weighted by atomic mass is 9.67. The second-order valence-corrected chi connectivity index (χ2v) is 7.29. The Hall–Kier alpha value is -2.63. The van der Waals surface area contributed by atoms with Crippen LogP contribution in [-0.2, 0) is 14.3 Å². The fourth-order valence-electron chi connectivity index (χ4n) is 3.45. The van der Waals surface area contributed by atoms with E-state index in [0.717, 1.165) is 0 Å². The zero-order valence-corrected chi connectivity index (χ0v) is 16.5. The highest BCUT2D eigenvalue weighted by Gasteiger charge is 2.47. The number of para-hydroxylation sites is 2. The first kappa shape index (κ1) is 20.7. The van der Waals surface area contributed by atoms with Crippen molar-refractivity contribution in [2.75, 3.05) is 14.2 Å². The number of benzene rings is 1. The number of hydrogen-bond acceptors (Lipinski definition) is 6. The summed E-state index contributed by atoms with van der Waals surface area (Å²) in [4.78, 5) is 29.7. The second kappa shape index (κ2) is 8.37. The number of aliphatic hydroxyl groups is 1. The molecule has 0 saturated heterocycles. The third-order valence-electron chi connectivity index (χ3n) is 4.76. The fraction of sp³-hybridized carbons (Fsp3) is 0.476. The molecule has 1 aliphatic rings. The SMILES string of the molecule is CCCC(=O)C1=C(O)[C@@H](C(=O)OC)C(C)(C)CC1=Nc1ccccc1OC. The number of ether oxygens (including phenoxy) is 2. The van der Waals surface area contributed by atoms with Crippen molar-refractivity contribution in [2.24, 2.45) is 16.3 Å². The highest BCUT2D eigenvalue weighted by atomic mass is 16.5. The van der Waals surface area contributed by atoms with Gasteiger partial charge in [0.2, 0.25) is 0 Å². The number of ketones is 1. The molecule has 0 bridgehead atoms. The minimum Gasteiger partial charge on any atom is -0.511 e.